The molecule has 0 N–H and O–H groups in total. The third-order valence-electron chi connectivity index (χ3n) is 5.17. The van der Waals surface area contributed by atoms with E-state index in [4.69, 9.17) is 9.47 Å². The first-order valence-electron chi connectivity index (χ1n) is 10.0. The van der Waals surface area contributed by atoms with Crippen LogP contribution in [0.3, 0.4) is 0 Å². The first-order valence-corrected chi connectivity index (χ1v) is 10.8. The summed E-state index contributed by atoms with van der Waals surface area (Å²) >= 11 is 3.36. The summed E-state index contributed by atoms with van der Waals surface area (Å²) < 4.78 is 12.5. The Kier molecular flexibility index (Phi) is 6.05. The van der Waals surface area contributed by atoms with Crippen LogP contribution in [0.1, 0.15) is 44.3 Å². The quantitative estimate of drug-likeness (QED) is 0.314. The van der Waals surface area contributed by atoms with Crippen LogP contribution < -0.4 is 9.47 Å². The van der Waals surface area contributed by atoms with Gasteiger partial charge >= 0.3 is 0 Å². The van der Waals surface area contributed by atoms with Crippen LogP contribution >= 0.6 is 15.9 Å². The molecule has 0 aliphatic carbocycles. The second-order valence-corrected chi connectivity index (χ2v) is 8.28. The van der Waals surface area contributed by atoms with Crippen LogP contribution in [0, 0.1) is 6.92 Å². The zero-order valence-electron chi connectivity index (χ0n) is 17.3. The normalized spacial score (nSPS) is 13.8. The number of rotatable bonds is 6. The molecule has 4 rings (SSSR count). The van der Waals surface area contributed by atoms with Gasteiger partial charge in [-0.1, -0.05) is 59.3 Å². The average Bonchev–Trinajstić information content (AvgIpc) is 3.08. The maximum atomic E-state index is 12.8. The fourth-order valence-corrected chi connectivity index (χ4v) is 3.69. The molecule has 1 heterocycles. The molecule has 156 valence electrons. The molecule has 0 spiro atoms. The van der Waals surface area contributed by atoms with Gasteiger partial charge < -0.3 is 9.47 Å². The van der Waals surface area contributed by atoms with Crippen LogP contribution in [-0.2, 0) is 6.42 Å². The predicted molar refractivity (Wildman–Crippen MR) is 124 cm³/mol. The molecule has 31 heavy (non-hydrogen) atoms. The second kappa shape index (κ2) is 8.90. The number of hydrogen-bond acceptors (Lipinski definition) is 4. The third-order valence-corrected chi connectivity index (χ3v) is 5.69. The van der Waals surface area contributed by atoms with Crippen molar-refractivity contribution in [3.05, 3.63) is 98.7 Å². The van der Waals surface area contributed by atoms with E-state index in [0.29, 0.717) is 22.6 Å². The number of ether oxygens (including phenoxy) is 2. The first kappa shape index (κ1) is 21.1. The average molecular weight is 477 g/mol. The molecule has 3 aromatic rings. The molecule has 0 aromatic heterocycles. The van der Waals surface area contributed by atoms with Gasteiger partial charge in [-0.2, -0.15) is 0 Å². The number of ketones is 2. The lowest BCUT2D eigenvalue weighted by atomic mass is 10.0. The van der Waals surface area contributed by atoms with Crippen molar-refractivity contribution in [2.45, 2.75) is 20.3 Å². The molecule has 5 heteroatoms. The number of carbonyl (C=O) groups is 2. The summed E-state index contributed by atoms with van der Waals surface area (Å²) in [5, 5.41) is 0. The smallest absolute Gasteiger partial charge is 0.232 e. The maximum Gasteiger partial charge on any atom is 0.232 e. The molecule has 1 aliphatic rings. The highest BCUT2D eigenvalue weighted by atomic mass is 79.9. The zero-order chi connectivity index (χ0) is 22.0. The standard InChI is InChI=1S/C26H21BrO4/c1-3-17-4-6-18(7-5-17)13-24-26(29)25-16(2)12-21(14-23(25)31-24)30-15-22(28)19-8-10-20(27)11-9-19/h4-14H,3,15H2,1-2H3/b24-13-. The lowest BCUT2D eigenvalue weighted by molar-refractivity contribution is 0.0920. The van der Waals surface area contributed by atoms with Crippen LogP contribution in [-0.4, -0.2) is 18.2 Å². The van der Waals surface area contributed by atoms with E-state index in [-0.39, 0.29) is 23.9 Å². The number of carbonyl (C=O) groups excluding carboxylic acids is 2. The molecule has 0 bridgehead atoms. The molecule has 0 amide bonds. The van der Waals surface area contributed by atoms with E-state index < -0.39 is 0 Å². The fraction of sp³-hybridized carbons (Fsp3) is 0.154. The Hall–Kier alpha value is -3.18. The molecule has 0 radical (unpaired) electrons. The first-order chi connectivity index (χ1) is 14.9. The van der Waals surface area contributed by atoms with Crippen molar-refractivity contribution >= 4 is 33.6 Å². The van der Waals surface area contributed by atoms with Gasteiger partial charge in [0.2, 0.25) is 5.78 Å². The van der Waals surface area contributed by atoms with Crippen LogP contribution in [0.25, 0.3) is 6.08 Å². The monoisotopic (exact) mass is 476 g/mol. The molecular weight excluding hydrogens is 456 g/mol. The SMILES string of the molecule is CCc1ccc(/C=C2\Oc3cc(OCC(=O)c4ccc(Br)cc4)cc(C)c3C2=O)cc1. The molecule has 3 aromatic carbocycles. The minimum absolute atomic E-state index is 0.0969. The summed E-state index contributed by atoms with van der Waals surface area (Å²) in [5.41, 5.74) is 4.00. The number of benzene rings is 3. The molecule has 0 saturated heterocycles. The van der Waals surface area contributed by atoms with Gasteiger partial charge in [-0.05, 0) is 54.3 Å². The number of aryl methyl sites for hydroxylation is 2. The van der Waals surface area contributed by atoms with Crippen LogP contribution in [0.15, 0.2) is 70.9 Å². The number of halogens is 1. The highest BCUT2D eigenvalue weighted by Gasteiger charge is 2.30. The van der Waals surface area contributed by atoms with Crippen molar-refractivity contribution < 1.29 is 19.1 Å². The molecule has 0 atom stereocenters. The highest BCUT2D eigenvalue weighted by molar-refractivity contribution is 9.10. The van der Waals surface area contributed by atoms with Gasteiger partial charge in [-0.3, -0.25) is 9.59 Å². The number of Topliss-reactive ketones (excluding diaryl/α,β-unsaturated/α-hetero) is 2. The van der Waals surface area contributed by atoms with Gasteiger partial charge in [0.25, 0.3) is 0 Å². The molecule has 0 saturated carbocycles. The van der Waals surface area contributed by atoms with Crippen molar-refractivity contribution in [2.24, 2.45) is 0 Å². The second-order valence-electron chi connectivity index (χ2n) is 7.37. The summed E-state index contributed by atoms with van der Waals surface area (Å²) in [7, 11) is 0. The van der Waals surface area contributed by atoms with Gasteiger partial charge in [0.05, 0.1) is 5.56 Å². The molecule has 0 unspecified atom stereocenters. The highest BCUT2D eigenvalue weighted by Crippen LogP contribution is 2.37. The number of allylic oxidation sites excluding steroid dienone is 1. The molecular formula is C26H21BrO4. The van der Waals surface area contributed by atoms with Crippen LogP contribution in [0.5, 0.6) is 11.5 Å². The fourth-order valence-electron chi connectivity index (χ4n) is 3.43. The van der Waals surface area contributed by atoms with E-state index in [2.05, 4.69) is 22.9 Å². The van der Waals surface area contributed by atoms with Gasteiger partial charge in [0.15, 0.2) is 18.1 Å². The topological polar surface area (TPSA) is 52.6 Å². The summed E-state index contributed by atoms with van der Waals surface area (Å²) in [6.45, 7) is 3.84. The van der Waals surface area contributed by atoms with Crippen molar-refractivity contribution in [2.75, 3.05) is 6.61 Å². The van der Waals surface area contributed by atoms with Crippen molar-refractivity contribution in [3.8, 4) is 11.5 Å². The molecule has 0 fully saturated rings. The van der Waals surface area contributed by atoms with Crippen molar-refractivity contribution in [1.82, 2.24) is 0 Å². The van der Waals surface area contributed by atoms with E-state index in [1.54, 1.807) is 30.3 Å². The van der Waals surface area contributed by atoms with E-state index in [0.717, 1.165) is 22.0 Å². The lowest BCUT2D eigenvalue weighted by Gasteiger charge is -2.09. The lowest BCUT2D eigenvalue weighted by Crippen LogP contribution is -2.11. The summed E-state index contributed by atoms with van der Waals surface area (Å²) in [4.78, 5) is 25.2. The van der Waals surface area contributed by atoms with Gasteiger partial charge in [0, 0.05) is 16.1 Å². The molecule has 4 nitrogen and oxygen atoms in total. The minimum Gasteiger partial charge on any atom is -0.485 e. The maximum absolute atomic E-state index is 12.8. The third kappa shape index (κ3) is 4.62. The molecule has 1 aliphatic heterocycles. The number of hydrogen-bond donors (Lipinski definition) is 0. The Morgan fingerprint density at radius 1 is 1.06 bits per heavy atom. The summed E-state index contributed by atoms with van der Waals surface area (Å²) in [6.07, 6.45) is 2.71. The summed E-state index contributed by atoms with van der Waals surface area (Å²) in [5.74, 6) is 0.948. The number of fused-ring (bicyclic) bond motifs is 1. The van der Waals surface area contributed by atoms with Crippen molar-refractivity contribution in [1.29, 1.82) is 0 Å². The predicted octanol–water partition coefficient (Wildman–Crippen LogP) is 6.20. The Bertz CT molecular complexity index is 1180. The van der Waals surface area contributed by atoms with E-state index in [1.807, 2.05) is 43.3 Å². The largest absolute Gasteiger partial charge is 0.485 e. The van der Waals surface area contributed by atoms with Crippen LogP contribution in [0.2, 0.25) is 0 Å². The Morgan fingerprint density at radius 3 is 2.45 bits per heavy atom. The van der Waals surface area contributed by atoms with E-state index in [9.17, 15) is 9.59 Å². The Balaban J connectivity index is 1.50. The van der Waals surface area contributed by atoms with Gasteiger partial charge in [-0.25, -0.2) is 0 Å². The van der Waals surface area contributed by atoms with Crippen LogP contribution in [0.4, 0.5) is 0 Å². The Morgan fingerprint density at radius 2 is 1.77 bits per heavy atom. The summed E-state index contributed by atoms with van der Waals surface area (Å²) in [6, 6.07) is 18.6. The van der Waals surface area contributed by atoms with Gasteiger partial charge in [-0.15, -0.1) is 0 Å². The zero-order valence-corrected chi connectivity index (χ0v) is 18.9. The van der Waals surface area contributed by atoms with Crippen molar-refractivity contribution in [3.63, 3.8) is 0 Å². The Labute approximate surface area is 189 Å². The van der Waals surface area contributed by atoms with E-state index >= 15 is 0 Å². The minimum atomic E-state index is -0.149. The van der Waals surface area contributed by atoms with Gasteiger partial charge in [0.1, 0.15) is 11.5 Å². The van der Waals surface area contributed by atoms with E-state index in [1.165, 1.54) is 5.56 Å².